The summed E-state index contributed by atoms with van der Waals surface area (Å²) in [7, 11) is 2.57. The quantitative estimate of drug-likeness (QED) is 0.194. The second-order valence-electron chi connectivity index (χ2n) is 13.1. The summed E-state index contributed by atoms with van der Waals surface area (Å²) in [5, 5.41) is 5.35. The maximum absolute atomic E-state index is 13.4. The van der Waals surface area contributed by atoms with Crippen LogP contribution in [0.2, 0.25) is 0 Å². The highest BCUT2D eigenvalue weighted by Gasteiger charge is 2.38. The lowest BCUT2D eigenvalue weighted by molar-refractivity contribution is -0.136. The topological polar surface area (TPSA) is 175 Å². The van der Waals surface area contributed by atoms with Gasteiger partial charge in [-0.2, -0.15) is 0 Å². The fraction of sp³-hybridized carbons (Fsp3) is 0.647. The molecule has 2 aliphatic rings. The van der Waals surface area contributed by atoms with Gasteiger partial charge in [0.15, 0.2) is 0 Å². The number of hydrogen-bond acceptors (Lipinski definition) is 8. The summed E-state index contributed by atoms with van der Waals surface area (Å²) in [5.41, 5.74) is 1.72. The van der Waals surface area contributed by atoms with Crippen LogP contribution in [-0.4, -0.2) is 93.1 Å². The van der Waals surface area contributed by atoms with E-state index in [1.807, 2.05) is 38.8 Å². The fourth-order valence-electron chi connectivity index (χ4n) is 6.31. The van der Waals surface area contributed by atoms with E-state index in [9.17, 15) is 19.2 Å². The molecule has 2 aliphatic heterocycles. The third kappa shape index (κ3) is 9.08. The highest BCUT2D eigenvalue weighted by molar-refractivity contribution is 5.87. The molecule has 0 aliphatic carbocycles. The van der Waals surface area contributed by atoms with Crippen molar-refractivity contribution in [2.45, 2.75) is 103 Å². The van der Waals surface area contributed by atoms with E-state index in [0.717, 1.165) is 56.5 Å². The Bertz CT molecular complexity index is 1470. The number of methoxy groups -OCH3 is 2. The van der Waals surface area contributed by atoms with Gasteiger partial charge in [0.1, 0.15) is 29.4 Å². The standard InChI is InChI=1S/C34H50N8O6/c1-21(2)27(39-33(45)47-5)31(43)41-17-11-15-25(41)29-35-19-23(37-29)13-9-7-8-10-14-24-20-36-30(38-24)26-16-12-18-42(26)32(44)28(22(3)4)40-34(46)48-6/h19-22,25-28H,7-9,11-13,15-18H2,1-6H3,(H,35,37)(H,36,38)(H,39,45)(H,40,46)/t25?,26-,27?,28?/m0/s1. The van der Waals surface area contributed by atoms with Gasteiger partial charge in [0, 0.05) is 31.4 Å². The van der Waals surface area contributed by atoms with E-state index in [1.54, 1.807) is 11.1 Å². The van der Waals surface area contributed by atoms with Crippen LogP contribution in [0.15, 0.2) is 12.4 Å². The molecule has 2 saturated heterocycles. The van der Waals surface area contributed by atoms with Gasteiger partial charge in [0.05, 0.1) is 32.5 Å². The van der Waals surface area contributed by atoms with Crippen molar-refractivity contribution in [3.8, 4) is 11.8 Å². The Balaban J connectivity index is 1.26. The molecule has 0 aromatic carbocycles. The molecule has 14 heteroatoms. The number of aryl methyl sites for hydroxylation is 1. The summed E-state index contributed by atoms with van der Waals surface area (Å²) in [6.07, 6.45) is 8.97. The number of imidazole rings is 2. The monoisotopic (exact) mass is 666 g/mol. The van der Waals surface area contributed by atoms with Gasteiger partial charge in [-0.3, -0.25) is 9.59 Å². The molecule has 0 spiro atoms. The zero-order valence-corrected chi connectivity index (χ0v) is 28.9. The van der Waals surface area contributed by atoms with Gasteiger partial charge in [-0.05, 0) is 62.7 Å². The van der Waals surface area contributed by atoms with E-state index in [1.165, 1.54) is 14.2 Å². The number of alkyl carbamates (subject to hydrolysis) is 2. The molecule has 262 valence electrons. The molecule has 48 heavy (non-hydrogen) atoms. The second-order valence-corrected chi connectivity index (χ2v) is 13.1. The van der Waals surface area contributed by atoms with Crippen molar-refractivity contribution in [2.24, 2.45) is 11.8 Å². The van der Waals surface area contributed by atoms with Gasteiger partial charge >= 0.3 is 12.2 Å². The molecule has 4 atom stereocenters. The van der Waals surface area contributed by atoms with Crippen molar-refractivity contribution in [2.75, 3.05) is 27.3 Å². The summed E-state index contributed by atoms with van der Waals surface area (Å²) in [6.45, 7) is 8.79. The summed E-state index contributed by atoms with van der Waals surface area (Å²) < 4.78 is 9.44. The number of rotatable bonds is 12. The van der Waals surface area contributed by atoms with Gasteiger partial charge in [-0.1, -0.05) is 33.6 Å². The van der Waals surface area contributed by atoms with Crippen molar-refractivity contribution >= 4 is 24.0 Å². The van der Waals surface area contributed by atoms with Crippen molar-refractivity contribution in [3.63, 3.8) is 0 Å². The first-order chi connectivity index (χ1) is 23.0. The number of aromatic amines is 2. The molecule has 14 nitrogen and oxygen atoms in total. The maximum atomic E-state index is 13.4. The van der Waals surface area contributed by atoms with Crippen LogP contribution in [0.4, 0.5) is 9.59 Å². The van der Waals surface area contributed by atoms with Gasteiger partial charge in [-0.15, -0.1) is 0 Å². The second kappa shape index (κ2) is 17.0. The number of H-pyrrole nitrogens is 2. The van der Waals surface area contributed by atoms with Crippen molar-refractivity contribution < 1.29 is 28.7 Å². The number of hydrogen-bond donors (Lipinski definition) is 4. The first kappa shape index (κ1) is 36.3. The van der Waals surface area contributed by atoms with E-state index in [-0.39, 0.29) is 35.7 Å². The minimum atomic E-state index is -0.679. The Kier molecular flexibility index (Phi) is 12.9. The molecule has 0 radical (unpaired) electrons. The molecule has 4 amide bonds. The number of likely N-dealkylation sites (tertiary alicyclic amines) is 2. The summed E-state index contributed by atoms with van der Waals surface area (Å²) in [6, 6.07) is -1.69. The number of carbonyl (C=O) groups is 4. The van der Waals surface area contributed by atoms with E-state index >= 15 is 0 Å². The Labute approximate surface area is 282 Å². The SMILES string of the molecule is COC(=O)NC(C(=O)N1CCCC1c1ncc(CCCCC#Cc2cnc([C@@H]3CCCN3C(=O)C(NC(=O)OC)C(C)C)[nH]2)[nH]1)C(C)C. The van der Waals surface area contributed by atoms with Crippen LogP contribution in [0.3, 0.4) is 0 Å². The maximum Gasteiger partial charge on any atom is 0.407 e. The van der Waals surface area contributed by atoms with E-state index in [0.29, 0.717) is 31.0 Å². The fourth-order valence-corrected chi connectivity index (χ4v) is 6.31. The number of ether oxygens (including phenoxy) is 2. The van der Waals surface area contributed by atoms with Crippen LogP contribution < -0.4 is 10.6 Å². The van der Waals surface area contributed by atoms with Crippen LogP contribution >= 0.6 is 0 Å². The molecule has 2 fully saturated rings. The lowest BCUT2D eigenvalue weighted by Gasteiger charge is -2.30. The molecule has 4 N–H and O–H groups in total. The Morgan fingerprint density at radius 3 is 1.88 bits per heavy atom. The summed E-state index contributed by atoms with van der Waals surface area (Å²) in [4.78, 5) is 69.8. The molecule has 4 rings (SSSR count). The minimum Gasteiger partial charge on any atom is -0.453 e. The first-order valence-corrected chi connectivity index (χ1v) is 16.9. The average molecular weight is 667 g/mol. The predicted octanol–water partition coefficient (Wildman–Crippen LogP) is 3.99. The molecule has 2 aromatic rings. The van der Waals surface area contributed by atoms with Crippen LogP contribution in [0.25, 0.3) is 0 Å². The van der Waals surface area contributed by atoms with Gasteiger partial charge in [0.25, 0.3) is 0 Å². The predicted molar refractivity (Wildman–Crippen MR) is 177 cm³/mol. The zero-order valence-electron chi connectivity index (χ0n) is 28.9. The van der Waals surface area contributed by atoms with Crippen LogP contribution in [-0.2, 0) is 25.5 Å². The molecule has 0 bridgehead atoms. The van der Waals surface area contributed by atoms with Crippen LogP contribution in [0.1, 0.15) is 108 Å². The molecule has 4 heterocycles. The van der Waals surface area contributed by atoms with Gasteiger partial charge in [-0.25, -0.2) is 19.6 Å². The van der Waals surface area contributed by atoms with Crippen LogP contribution in [0, 0.1) is 23.7 Å². The molecular weight excluding hydrogens is 616 g/mol. The minimum absolute atomic E-state index is 0.0855. The third-order valence-corrected chi connectivity index (χ3v) is 8.95. The van der Waals surface area contributed by atoms with E-state index in [4.69, 9.17) is 9.47 Å². The lowest BCUT2D eigenvalue weighted by atomic mass is 10.0. The number of amides is 4. The number of nitrogens with zero attached hydrogens (tertiary/aromatic N) is 4. The number of nitrogens with one attached hydrogen (secondary N) is 4. The molecule has 3 unspecified atom stereocenters. The third-order valence-electron chi connectivity index (χ3n) is 8.95. The number of carbonyl (C=O) groups excluding carboxylic acids is 4. The Morgan fingerprint density at radius 2 is 1.35 bits per heavy atom. The summed E-state index contributed by atoms with van der Waals surface area (Å²) >= 11 is 0. The zero-order chi connectivity index (χ0) is 34.8. The van der Waals surface area contributed by atoms with Crippen LogP contribution in [0.5, 0.6) is 0 Å². The highest BCUT2D eigenvalue weighted by Crippen LogP contribution is 2.32. The average Bonchev–Trinajstić information content (AvgIpc) is 3.89. The van der Waals surface area contributed by atoms with Gasteiger partial charge < -0.3 is 39.9 Å². The van der Waals surface area contributed by atoms with E-state index in [2.05, 4.69) is 42.4 Å². The number of aromatic nitrogens is 4. The smallest absolute Gasteiger partial charge is 0.407 e. The lowest BCUT2D eigenvalue weighted by Crippen LogP contribution is -2.51. The molecule has 0 saturated carbocycles. The highest BCUT2D eigenvalue weighted by atomic mass is 16.5. The van der Waals surface area contributed by atoms with Crippen molar-refractivity contribution in [3.05, 3.63) is 35.4 Å². The van der Waals surface area contributed by atoms with Gasteiger partial charge in [0.2, 0.25) is 11.8 Å². The summed E-state index contributed by atoms with van der Waals surface area (Å²) in [5.74, 6) is 7.40. The van der Waals surface area contributed by atoms with Crippen molar-refractivity contribution in [1.29, 1.82) is 0 Å². The normalized spacial score (nSPS) is 18.8. The largest absolute Gasteiger partial charge is 0.453 e. The van der Waals surface area contributed by atoms with E-state index < -0.39 is 24.3 Å². The van der Waals surface area contributed by atoms with Crippen molar-refractivity contribution in [1.82, 2.24) is 40.4 Å². The number of unbranched alkanes of at least 4 members (excludes halogenated alkanes) is 2. The Hall–Kier alpha value is -4.54. The molecule has 2 aromatic heterocycles. The first-order valence-electron chi connectivity index (χ1n) is 16.9. The molecular formula is C34H50N8O6. The Morgan fingerprint density at radius 1 is 0.833 bits per heavy atom.